The Morgan fingerprint density at radius 2 is 1.75 bits per heavy atom. The van der Waals surface area contributed by atoms with Crippen molar-refractivity contribution in [1.82, 2.24) is 0 Å². The van der Waals surface area contributed by atoms with Crippen molar-refractivity contribution < 1.29 is 19.1 Å². The first-order chi connectivity index (χ1) is 11.4. The molecule has 24 heavy (non-hydrogen) atoms. The van der Waals surface area contributed by atoms with Gasteiger partial charge < -0.3 is 10.1 Å². The van der Waals surface area contributed by atoms with Gasteiger partial charge in [-0.15, -0.1) is 0 Å². The van der Waals surface area contributed by atoms with Gasteiger partial charge in [-0.3, -0.25) is 9.59 Å². The van der Waals surface area contributed by atoms with E-state index in [9.17, 15) is 14.4 Å². The Morgan fingerprint density at radius 3 is 2.46 bits per heavy atom. The van der Waals surface area contributed by atoms with E-state index in [0.717, 1.165) is 11.1 Å². The SMILES string of the molecule is CC(=O)c1cccc(NC(=O)COC(=O)c2cccc(C)c2C)c1. The van der Waals surface area contributed by atoms with Gasteiger partial charge in [-0.05, 0) is 50.1 Å². The van der Waals surface area contributed by atoms with Gasteiger partial charge in [-0.25, -0.2) is 4.79 Å². The van der Waals surface area contributed by atoms with E-state index in [2.05, 4.69) is 5.32 Å². The lowest BCUT2D eigenvalue weighted by atomic mass is 10.0. The van der Waals surface area contributed by atoms with Crippen molar-refractivity contribution in [2.45, 2.75) is 20.8 Å². The van der Waals surface area contributed by atoms with Crippen LogP contribution >= 0.6 is 0 Å². The minimum Gasteiger partial charge on any atom is -0.452 e. The third kappa shape index (κ3) is 4.29. The first kappa shape index (κ1) is 17.4. The van der Waals surface area contributed by atoms with Crippen LogP contribution in [0.3, 0.4) is 0 Å². The lowest BCUT2D eigenvalue weighted by Gasteiger charge is -2.09. The van der Waals surface area contributed by atoms with E-state index in [-0.39, 0.29) is 5.78 Å². The summed E-state index contributed by atoms with van der Waals surface area (Å²) in [5.41, 5.74) is 3.24. The lowest BCUT2D eigenvalue weighted by Crippen LogP contribution is -2.21. The first-order valence-corrected chi connectivity index (χ1v) is 7.52. The van der Waals surface area contributed by atoms with Crippen LogP contribution in [0.25, 0.3) is 0 Å². The molecule has 124 valence electrons. The number of carbonyl (C=O) groups is 3. The Kier molecular flexibility index (Phi) is 5.47. The number of rotatable bonds is 5. The predicted octanol–water partition coefficient (Wildman–Crippen LogP) is 3.30. The summed E-state index contributed by atoms with van der Waals surface area (Å²) in [6.45, 7) is 4.80. The van der Waals surface area contributed by atoms with Gasteiger partial charge in [0.05, 0.1) is 5.56 Å². The molecule has 0 aliphatic heterocycles. The van der Waals surface area contributed by atoms with E-state index in [1.807, 2.05) is 19.9 Å². The molecule has 1 amide bonds. The zero-order valence-electron chi connectivity index (χ0n) is 13.9. The maximum Gasteiger partial charge on any atom is 0.338 e. The number of anilines is 1. The molecule has 0 fully saturated rings. The largest absolute Gasteiger partial charge is 0.452 e. The van der Waals surface area contributed by atoms with Gasteiger partial charge >= 0.3 is 5.97 Å². The van der Waals surface area contributed by atoms with E-state index in [1.54, 1.807) is 36.4 Å². The fourth-order valence-corrected chi connectivity index (χ4v) is 2.19. The number of esters is 1. The van der Waals surface area contributed by atoms with Crippen LogP contribution < -0.4 is 5.32 Å². The molecule has 0 saturated carbocycles. The van der Waals surface area contributed by atoms with Crippen molar-refractivity contribution in [3.63, 3.8) is 0 Å². The lowest BCUT2D eigenvalue weighted by molar-refractivity contribution is -0.119. The van der Waals surface area contributed by atoms with Crippen LogP contribution in [0.2, 0.25) is 0 Å². The number of ether oxygens (including phenoxy) is 1. The number of carbonyl (C=O) groups excluding carboxylic acids is 3. The first-order valence-electron chi connectivity index (χ1n) is 7.52. The van der Waals surface area contributed by atoms with Crippen LogP contribution in [0.1, 0.15) is 38.8 Å². The maximum atomic E-state index is 12.1. The topological polar surface area (TPSA) is 72.5 Å². The summed E-state index contributed by atoms with van der Waals surface area (Å²) in [4.78, 5) is 35.3. The molecule has 0 spiro atoms. The van der Waals surface area contributed by atoms with Crippen molar-refractivity contribution in [3.05, 3.63) is 64.7 Å². The van der Waals surface area contributed by atoms with Crippen molar-refractivity contribution in [1.29, 1.82) is 0 Å². The van der Waals surface area contributed by atoms with Gasteiger partial charge in [0.2, 0.25) is 0 Å². The minimum absolute atomic E-state index is 0.0903. The minimum atomic E-state index is -0.538. The molecular weight excluding hydrogens is 306 g/mol. The molecule has 2 aromatic rings. The molecule has 0 aromatic heterocycles. The molecule has 0 saturated heterocycles. The van der Waals surface area contributed by atoms with Crippen molar-refractivity contribution >= 4 is 23.3 Å². The van der Waals surface area contributed by atoms with Gasteiger partial charge in [0.1, 0.15) is 0 Å². The Balaban J connectivity index is 1.96. The molecule has 0 aliphatic rings. The summed E-state index contributed by atoms with van der Waals surface area (Å²) >= 11 is 0. The summed E-state index contributed by atoms with van der Waals surface area (Å²) in [5.74, 6) is -1.09. The fourth-order valence-electron chi connectivity index (χ4n) is 2.19. The predicted molar refractivity (Wildman–Crippen MR) is 91.3 cm³/mol. The maximum absolute atomic E-state index is 12.1. The average Bonchev–Trinajstić information content (AvgIpc) is 2.55. The van der Waals surface area contributed by atoms with Gasteiger partial charge in [0, 0.05) is 11.3 Å². The van der Waals surface area contributed by atoms with Crippen LogP contribution in [0.15, 0.2) is 42.5 Å². The second kappa shape index (κ2) is 7.55. The number of benzene rings is 2. The smallest absolute Gasteiger partial charge is 0.338 e. The van der Waals surface area contributed by atoms with Crippen LogP contribution in [0.4, 0.5) is 5.69 Å². The summed E-state index contributed by atoms with van der Waals surface area (Å²) in [5, 5.41) is 2.60. The summed E-state index contributed by atoms with van der Waals surface area (Å²) in [6, 6.07) is 11.9. The van der Waals surface area contributed by atoms with E-state index >= 15 is 0 Å². The highest BCUT2D eigenvalue weighted by Crippen LogP contribution is 2.14. The van der Waals surface area contributed by atoms with Crippen molar-refractivity contribution in [2.75, 3.05) is 11.9 Å². The van der Waals surface area contributed by atoms with Gasteiger partial charge in [0.25, 0.3) is 5.91 Å². The molecule has 0 atom stereocenters. The fraction of sp³-hybridized carbons (Fsp3) is 0.211. The average molecular weight is 325 g/mol. The molecule has 0 heterocycles. The standard InChI is InChI=1S/C19H19NO4/c1-12-6-4-9-17(13(12)2)19(23)24-11-18(22)20-16-8-5-7-15(10-16)14(3)21/h4-10H,11H2,1-3H3,(H,20,22). The molecule has 5 heteroatoms. The molecule has 1 N–H and O–H groups in total. The van der Waals surface area contributed by atoms with Crippen molar-refractivity contribution in [2.24, 2.45) is 0 Å². The van der Waals surface area contributed by atoms with E-state index in [0.29, 0.717) is 16.8 Å². The third-order valence-electron chi connectivity index (χ3n) is 3.71. The van der Waals surface area contributed by atoms with Crippen LogP contribution in [0, 0.1) is 13.8 Å². The molecule has 0 radical (unpaired) electrons. The second-order valence-electron chi connectivity index (χ2n) is 5.51. The zero-order chi connectivity index (χ0) is 17.7. The highest BCUT2D eigenvalue weighted by Gasteiger charge is 2.13. The Morgan fingerprint density at radius 1 is 1.04 bits per heavy atom. The number of nitrogens with one attached hydrogen (secondary N) is 1. The number of ketones is 1. The van der Waals surface area contributed by atoms with Crippen molar-refractivity contribution in [3.8, 4) is 0 Å². The molecule has 5 nitrogen and oxygen atoms in total. The molecule has 2 rings (SSSR count). The quantitative estimate of drug-likeness (QED) is 0.676. The Labute approximate surface area is 140 Å². The van der Waals surface area contributed by atoms with Gasteiger partial charge in [-0.1, -0.05) is 24.3 Å². The molecular formula is C19H19NO4. The second-order valence-corrected chi connectivity index (χ2v) is 5.51. The number of hydrogen-bond donors (Lipinski definition) is 1. The highest BCUT2D eigenvalue weighted by atomic mass is 16.5. The van der Waals surface area contributed by atoms with Crippen LogP contribution in [0.5, 0.6) is 0 Å². The molecule has 0 unspecified atom stereocenters. The van der Waals surface area contributed by atoms with Gasteiger partial charge in [-0.2, -0.15) is 0 Å². The number of Topliss-reactive ketones (excluding diaryl/α,β-unsaturated/α-hetero) is 1. The highest BCUT2D eigenvalue weighted by molar-refractivity contribution is 5.98. The van der Waals surface area contributed by atoms with E-state index in [4.69, 9.17) is 4.74 Å². The van der Waals surface area contributed by atoms with Gasteiger partial charge in [0.15, 0.2) is 12.4 Å². The monoisotopic (exact) mass is 325 g/mol. The van der Waals surface area contributed by atoms with E-state index in [1.165, 1.54) is 6.92 Å². The molecule has 2 aromatic carbocycles. The zero-order valence-corrected chi connectivity index (χ0v) is 13.9. The molecule has 0 aliphatic carbocycles. The van der Waals surface area contributed by atoms with Crippen LogP contribution in [-0.4, -0.2) is 24.3 Å². The summed E-state index contributed by atoms with van der Waals surface area (Å²) in [7, 11) is 0. The Bertz CT molecular complexity index is 796. The summed E-state index contributed by atoms with van der Waals surface area (Å²) in [6.07, 6.45) is 0. The number of aryl methyl sites for hydroxylation is 1. The molecule has 0 bridgehead atoms. The number of amides is 1. The normalized spacial score (nSPS) is 10.1. The Hall–Kier alpha value is -2.95. The number of hydrogen-bond acceptors (Lipinski definition) is 4. The summed E-state index contributed by atoms with van der Waals surface area (Å²) < 4.78 is 5.06. The van der Waals surface area contributed by atoms with Crippen LogP contribution in [-0.2, 0) is 9.53 Å². The van der Waals surface area contributed by atoms with E-state index < -0.39 is 18.5 Å². The third-order valence-corrected chi connectivity index (χ3v) is 3.71.